The van der Waals surface area contributed by atoms with E-state index in [4.69, 9.17) is 19.7 Å². The van der Waals surface area contributed by atoms with E-state index in [-0.39, 0.29) is 40.5 Å². The van der Waals surface area contributed by atoms with Crippen LogP contribution in [0.1, 0.15) is 17.3 Å². The quantitative estimate of drug-likeness (QED) is 0.715. The van der Waals surface area contributed by atoms with Crippen LogP contribution in [0, 0.1) is 5.82 Å². The summed E-state index contributed by atoms with van der Waals surface area (Å²) in [5.74, 6) is 0.784. The molecule has 2 aromatic heterocycles. The molecule has 2 heterocycles. The van der Waals surface area contributed by atoms with Gasteiger partial charge in [-0.2, -0.15) is 9.97 Å². The number of aromatic nitrogens is 4. The molecule has 3 aromatic rings. The standard InChI is InChI=1S/C17H16FN5O3/c1-9(19)15-21-13(14(24-2)17(22-15)25-3)16-20-12(26-23-16)8-10-4-6-11(18)7-5-10/h4-7H,1,8,19H2,2-3H3. The highest BCUT2D eigenvalue weighted by Crippen LogP contribution is 2.34. The number of nitrogens with two attached hydrogens (primary N) is 1. The minimum absolute atomic E-state index is 0.155. The van der Waals surface area contributed by atoms with Crippen molar-refractivity contribution in [3.05, 3.63) is 53.9 Å². The Balaban J connectivity index is 1.98. The van der Waals surface area contributed by atoms with Crippen molar-refractivity contribution >= 4 is 5.70 Å². The van der Waals surface area contributed by atoms with Crippen LogP contribution in [0.25, 0.3) is 17.2 Å². The highest BCUT2D eigenvalue weighted by Gasteiger charge is 2.22. The van der Waals surface area contributed by atoms with Gasteiger partial charge in [-0.15, -0.1) is 0 Å². The van der Waals surface area contributed by atoms with E-state index in [2.05, 4.69) is 26.7 Å². The molecule has 0 saturated heterocycles. The van der Waals surface area contributed by atoms with Crippen LogP contribution in [-0.4, -0.2) is 34.3 Å². The number of hydrogen-bond acceptors (Lipinski definition) is 8. The minimum atomic E-state index is -0.313. The Morgan fingerprint density at radius 1 is 1.15 bits per heavy atom. The summed E-state index contributed by atoms with van der Waals surface area (Å²) in [7, 11) is 2.88. The van der Waals surface area contributed by atoms with Crippen LogP contribution < -0.4 is 15.2 Å². The number of methoxy groups -OCH3 is 2. The maximum absolute atomic E-state index is 13.0. The van der Waals surface area contributed by atoms with Gasteiger partial charge in [-0.3, -0.25) is 0 Å². The number of halogens is 1. The lowest BCUT2D eigenvalue weighted by molar-refractivity contribution is 0.341. The second kappa shape index (κ2) is 7.18. The summed E-state index contributed by atoms with van der Waals surface area (Å²) < 4.78 is 28.8. The van der Waals surface area contributed by atoms with E-state index < -0.39 is 0 Å². The zero-order chi connectivity index (χ0) is 18.7. The van der Waals surface area contributed by atoms with E-state index >= 15 is 0 Å². The first-order valence-corrected chi connectivity index (χ1v) is 7.54. The van der Waals surface area contributed by atoms with Gasteiger partial charge in [-0.1, -0.05) is 23.9 Å². The molecule has 134 valence electrons. The number of benzene rings is 1. The molecule has 0 aliphatic rings. The van der Waals surface area contributed by atoms with Crippen molar-refractivity contribution in [1.82, 2.24) is 20.1 Å². The van der Waals surface area contributed by atoms with Crippen molar-refractivity contribution in [3.63, 3.8) is 0 Å². The van der Waals surface area contributed by atoms with Gasteiger partial charge in [0, 0.05) is 0 Å². The predicted molar refractivity (Wildman–Crippen MR) is 90.9 cm³/mol. The smallest absolute Gasteiger partial charge is 0.261 e. The molecule has 8 nitrogen and oxygen atoms in total. The molecule has 0 unspecified atom stereocenters. The molecule has 3 rings (SSSR count). The molecule has 0 atom stereocenters. The van der Waals surface area contributed by atoms with Crippen molar-refractivity contribution in [3.8, 4) is 23.1 Å². The molecule has 0 bridgehead atoms. The maximum atomic E-state index is 13.0. The second-order valence-corrected chi connectivity index (χ2v) is 5.28. The van der Waals surface area contributed by atoms with Crippen molar-refractivity contribution in [1.29, 1.82) is 0 Å². The second-order valence-electron chi connectivity index (χ2n) is 5.28. The summed E-state index contributed by atoms with van der Waals surface area (Å²) >= 11 is 0. The first-order valence-electron chi connectivity index (χ1n) is 7.54. The normalized spacial score (nSPS) is 10.6. The lowest BCUT2D eigenvalue weighted by Crippen LogP contribution is -2.07. The molecule has 0 aliphatic heterocycles. The first kappa shape index (κ1) is 17.3. The van der Waals surface area contributed by atoms with Crippen molar-refractivity contribution < 1.29 is 18.4 Å². The molecule has 2 N–H and O–H groups in total. The van der Waals surface area contributed by atoms with Gasteiger partial charge < -0.3 is 19.7 Å². The molecule has 1 aromatic carbocycles. The Kier molecular flexibility index (Phi) is 4.78. The fourth-order valence-corrected chi connectivity index (χ4v) is 2.25. The molecule has 9 heteroatoms. The highest BCUT2D eigenvalue weighted by atomic mass is 19.1. The van der Waals surface area contributed by atoms with E-state index in [0.29, 0.717) is 12.3 Å². The van der Waals surface area contributed by atoms with Gasteiger partial charge >= 0.3 is 0 Å². The van der Waals surface area contributed by atoms with E-state index in [1.807, 2.05) is 0 Å². The van der Waals surface area contributed by atoms with Crippen LogP contribution in [0.5, 0.6) is 11.6 Å². The number of rotatable bonds is 6. The Morgan fingerprint density at radius 3 is 2.50 bits per heavy atom. The Morgan fingerprint density at radius 2 is 1.88 bits per heavy atom. The summed E-state index contributed by atoms with van der Waals surface area (Å²) in [5, 5.41) is 3.93. The lowest BCUT2D eigenvalue weighted by atomic mass is 10.1. The minimum Gasteiger partial charge on any atom is -0.490 e. The van der Waals surface area contributed by atoms with Gasteiger partial charge in [0.1, 0.15) is 5.82 Å². The van der Waals surface area contributed by atoms with Gasteiger partial charge in [0.2, 0.25) is 17.5 Å². The van der Waals surface area contributed by atoms with E-state index in [9.17, 15) is 4.39 Å². The number of hydrogen-bond donors (Lipinski definition) is 1. The molecule has 0 fully saturated rings. The summed E-state index contributed by atoms with van der Waals surface area (Å²) in [6, 6.07) is 6.02. The van der Waals surface area contributed by atoms with Gasteiger partial charge in [0.25, 0.3) is 5.88 Å². The number of ether oxygens (including phenoxy) is 2. The molecular formula is C17H16FN5O3. The fourth-order valence-electron chi connectivity index (χ4n) is 2.25. The molecule has 0 spiro atoms. The predicted octanol–water partition coefficient (Wildman–Crippen LogP) is 2.20. The van der Waals surface area contributed by atoms with E-state index in [1.54, 1.807) is 12.1 Å². The molecular weight excluding hydrogens is 341 g/mol. The monoisotopic (exact) mass is 357 g/mol. The van der Waals surface area contributed by atoms with Crippen LogP contribution in [0.4, 0.5) is 4.39 Å². The molecule has 0 saturated carbocycles. The Bertz CT molecular complexity index is 940. The maximum Gasteiger partial charge on any atom is 0.261 e. The Hall–Kier alpha value is -3.49. The van der Waals surface area contributed by atoms with Crippen LogP contribution in [0.3, 0.4) is 0 Å². The molecule has 0 aliphatic carbocycles. The molecule has 0 radical (unpaired) electrons. The highest BCUT2D eigenvalue weighted by molar-refractivity contribution is 5.66. The SMILES string of the molecule is C=C(N)c1nc(OC)c(OC)c(-c2noc(Cc3ccc(F)cc3)n2)n1. The number of nitrogens with zero attached hydrogens (tertiary/aromatic N) is 4. The van der Waals surface area contributed by atoms with Crippen molar-refractivity contribution in [2.24, 2.45) is 5.73 Å². The topological polar surface area (TPSA) is 109 Å². The third-order valence-electron chi connectivity index (χ3n) is 3.47. The fraction of sp³-hybridized carbons (Fsp3) is 0.176. The largest absolute Gasteiger partial charge is 0.490 e. The van der Waals surface area contributed by atoms with Crippen molar-refractivity contribution in [2.75, 3.05) is 14.2 Å². The van der Waals surface area contributed by atoms with Crippen molar-refractivity contribution in [2.45, 2.75) is 6.42 Å². The van der Waals surface area contributed by atoms with E-state index in [1.165, 1.54) is 26.4 Å². The van der Waals surface area contributed by atoms with Gasteiger partial charge in [-0.25, -0.2) is 9.37 Å². The zero-order valence-corrected chi connectivity index (χ0v) is 14.2. The molecule has 0 amide bonds. The van der Waals surface area contributed by atoms with Crippen LogP contribution in [0.2, 0.25) is 0 Å². The summed E-state index contributed by atoms with van der Waals surface area (Å²) in [5.41, 5.74) is 6.92. The van der Waals surface area contributed by atoms with Crippen LogP contribution in [-0.2, 0) is 6.42 Å². The lowest BCUT2D eigenvalue weighted by Gasteiger charge is -2.10. The van der Waals surface area contributed by atoms with Gasteiger partial charge in [-0.05, 0) is 17.7 Å². The third kappa shape index (κ3) is 3.46. The van der Waals surface area contributed by atoms with E-state index in [0.717, 1.165) is 5.56 Å². The third-order valence-corrected chi connectivity index (χ3v) is 3.47. The summed E-state index contributed by atoms with van der Waals surface area (Å²) in [6.45, 7) is 3.62. The summed E-state index contributed by atoms with van der Waals surface area (Å²) in [6.07, 6.45) is 0.342. The first-order chi connectivity index (χ1) is 12.5. The zero-order valence-electron chi connectivity index (χ0n) is 14.2. The average molecular weight is 357 g/mol. The molecule has 26 heavy (non-hydrogen) atoms. The average Bonchev–Trinajstić information content (AvgIpc) is 3.10. The van der Waals surface area contributed by atoms with Crippen LogP contribution >= 0.6 is 0 Å². The summed E-state index contributed by atoms with van der Waals surface area (Å²) in [4.78, 5) is 12.7. The van der Waals surface area contributed by atoms with Gasteiger partial charge in [0.15, 0.2) is 11.5 Å². The van der Waals surface area contributed by atoms with Crippen LogP contribution in [0.15, 0.2) is 35.4 Å². The van der Waals surface area contributed by atoms with Gasteiger partial charge in [0.05, 0.1) is 26.3 Å². The Labute approximate surface area is 148 Å².